The number of nitrogens with zero attached hydrogens (tertiary/aromatic N) is 1. The van der Waals surface area contributed by atoms with Crippen LogP contribution in [0.5, 0.6) is 0 Å². The van der Waals surface area contributed by atoms with E-state index in [1.165, 1.54) is 11.3 Å². The summed E-state index contributed by atoms with van der Waals surface area (Å²) < 4.78 is 41.3. The average molecular weight is 710 g/mol. The highest BCUT2D eigenvalue weighted by molar-refractivity contribution is 7.78. The highest BCUT2D eigenvalue weighted by Crippen LogP contribution is 2.43. The number of nitrogens with two attached hydrogens (primary N) is 1. The molecule has 0 bridgehead atoms. The number of ketones is 1. The Balaban J connectivity index is 0.000000430. The van der Waals surface area contributed by atoms with Crippen LogP contribution < -0.4 is 21.1 Å². The molecular formula is C32H54F3N5O7S. The monoisotopic (exact) mass is 709 g/mol. The minimum atomic E-state index is -3.89. The minimum absolute atomic E-state index is 0.246. The van der Waals surface area contributed by atoms with Crippen molar-refractivity contribution in [2.75, 3.05) is 19.7 Å². The van der Waals surface area contributed by atoms with Crippen LogP contribution >= 0.6 is 12.8 Å². The lowest BCUT2D eigenvalue weighted by molar-refractivity contribution is -0.147. The van der Waals surface area contributed by atoms with Crippen molar-refractivity contribution in [2.24, 2.45) is 28.9 Å². The van der Waals surface area contributed by atoms with E-state index in [0.717, 1.165) is 38.4 Å². The molecule has 3 atom stereocenters. The first-order valence-electron chi connectivity index (χ1n) is 16.7. The molecule has 4 aliphatic rings. The smallest absolute Gasteiger partial charge is 0.391 e. The molecule has 16 heteroatoms. The van der Waals surface area contributed by atoms with Gasteiger partial charge in [0, 0.05) is 6.54 Å². The number of hydrogen-bond acceptors (Lipinski definition) is 9. The third-order valence-corrected chi connectivity index (χ3v) is 8.56. The number of thiol groups is 1. The lowest BCUT2D eigenvalue weighted by Crippen LogP contribution is -2.58. The van der Waals surface area contributed by atoms with Crippen LogP contribution in [-0.2, 0) is 28.7 Å². The number of nitrogens with one attached hydrogen (secondary N) is 3. The van der Waals surface area contributed by atoms with E-state index in [1.54, 1.807) is 0 Å². The Morgan fingerprint density at radius 2 is 1.56 bits per heavy atom. The van der Waals surface area contributed by atoms with Crippen molar-refractivity contribution < 1.29 is 46.7 Å². The Morgan fingerprint density at radius 3 is 1.96 bits per heavy atom. The summed E-state index contributed by atoms with van der Waals surface area (Å²) in [7, 11) is 0. The molecule has 4 rings (SSSR count). The third-order valence-electron chi connectivity index (χ3n) is 8.25. The second kappa shape index (κ2) is 20.6. The molecule has 3 aliphatic carbocycles. The number of carbonyl (C=O) groups is 6. The van der Waals surface area contributed by atoms with E-state index in [4.69, 9.17) is 10.5 Å². The molecule has 1 heterocycles. The van der Waals surface area contributed by atoms with Crippen molar-refractivity contribution >= 4 is 48.7 Å². The van der Waals surface area contributed by atoms with Gasteiger partial charge in [0.05, 0.1) is 24.6 Å². The van der Waals surface area contributed by atoms with Crippen LogP contribution in [0.4, 0.5) is 18.0 Å². The number of carbonyl (C=O) groups excluding carboxylic acids is 6. The Hall–Kier alpha value is -2.88. The fraction of sp³-hybridized carbons (Fsp3) is 0.812. The van der Waals surface area contributed by atoms with Gasteiger partial charge in [-0.2, -0.15) is 13.2 Å². The normalized spacial score (nSPS) is 20.0. The zero-order valence-electron chi connectivity index (χ0n) is 28.7. The molecule has 3 unspecified atom stereocenters. The van der Waals surface area contributed by atoms with Gasteiger partial charge in [-0.05, 0) is 62.2 Å². The molecule has 3 saturated carbocycles. The van der Waals surface area contributed by atoms with E-state index in [0.29, 0.717) is 50.7 Å². The molecular weight excluding hydrogens is 655 g/mol. The lowest BCUT2D eigenvalue weighted by atomic mass is 9.80. The van der Waals surface area contributed by atoms with Crippen molar-refractivity contribution in [2.45, 2.75) is 123 Å². The number of halogens is 3. The number of likely N-dealkylation sites (tertiary alicyclic amines) is 1. The number of ether oxygens (including phenoxy) is 1. The molecule has 4 amide bonds. The standard InChI is InChI=1S/C18H29N3O5.C8H14N2O2S.C4H5F3.C2H6/c1-18(2,3)15(16(24)21-8-4-5-13(21)10-22)20-17(25)19-9-14(23)26-11-12-6-7-12;9-8(12)7(11)6(10-13)4-5-2-1-3-5;5-4(6,7)3-1-2-3;1-2/h10,12-13,15H,4-9,11H2,1-3H3,(H2,19,20,25);5-6,10,13H,1-4H2,(H2,9,12);3H,1-2H2;1-2H3. The van der Waals surface area contributed by atoms with Crippen LogP contribution in [-0.4, -0.2) is 84.8 Å². The van der Waals surface area contributed by atoms with Gasteiger partial charge in [0.2, 0.25) is 11.7 Å². The Labute approximate surface area is 287 Å². The zero-order chi connectivity index (χ0) is 36.7. The number of Topliss-reactive ketones (excluding diaryl/α,β-unsaturated/α-hetero) is 1. The van der Waals surface area contributed by atoms with Crippen LogP contribution in [0.25, 0.3) is 0 Å². The molecule has 0 aromatic carbocycles. The van der Waals surface area contributed by atoms with Crippen LogP contribution in [0.15, 0.2) is 0 Å². The summed E-state index contributed by atoms with van der Waals surface area (Å²) in [6.45, 7) is 10.2. The van der Waals surface area contributed by atoms with E-state index in [9.17, 15) is 41.9 Å². The summed E-state index contributed by atoms with van der Waals surface area (Å²) in [4.78, 5) is 71.0. The van der Waals surface area contributed by atoms with E-state index < -0.39 is 59.3 Å². The molecule has 4 fully saturated rings. The van der Waals surface area contributed by atoms with Crippen molar-refractivity contribution in [1.29, 1.82) is 0 Å². The minimum Gasteiger partial charge on any atom is -0.464 e. The van der Waals surface area contributed by atoms with Gasteiger partial charge < -0.3 is 30.8 Å². The van der Waals surface area contributed by atoms with Gasteiger partial charge in [-0.3, -0.25) is 23.9 Å². The van der Waals surface area contributed by atoms with Gasteiger partial charge in [-0.1, -0.05) is 66.7 Å². The Kier molecular flexibility index (Phi) is 18.5. The second-order valence-electron chi connectivity index (χ2n) is 13.4. The quantitative estimate of drug-likeness (QED) is 0.0878. The SMILES string of the molecule is CC.CC(C)(C)C(NC(=O)NCC(=O)OCC1CC1)C(=O)N1CCCC1C=O.FC(F)(F)C1CC1.NC(=O)C(=O)C(CC1CCC1)NS. The molecule has 0 spiro atoms. The van der Waals surface area contributed by atoms with Gasteiger partial charge in [-0.15, -0.1) is 0 Å². The fourth-order valence-corrected chi connectivity index (χ4v) is 4.99. The first-order valence-corrected chi connectivity index (χ1v) is 17.2. The predicted octanol–water partition coefficient (Wildman–Crippen LogP) is 3.86. The van der Waals surface area contributed by atoms with E-state index in [2.05, 4.69) is 28.2 Å². The number of urea groups is 1. The third kappa shape index (κ3) is 16.0. The molecule has 5 N–H and O–H groups in total. The van der Waals surface area contributed by atoms with Crippen LogP contribution in [0, 0.1) is 23.2 Å². The number of aldehydes is 1. The van der Waals surface area contributed by atoms with E-state index in [1.807, 2.05) is 34.6 Å². The second-order valence-corrected chi connectivity index (χ2v) is 13.6. The van der Waals surface area contributed by atoms with Crippen molar-refractivity contribution in [3.63, 3.8) is 0 Å². The lowest BCUT2D eigenvalue weighted by Gasteiger charge is -2.34. The first-order chi connectivity index (χ1) is 22.5. The summed E-state index contributed by atoms with van der Waals surface area (Å²) >= 11 is 3.81. The summed E-state index contributed by atoms with van der Waals surface area (Å²) in [6.07, 6.45) is 5.32. The van der Waals surface area contributed by atoms with Gasteiger partial charge in [0.1, 0.15) is 18.9 Å². The first kappa shape index (κ1) is 43.1. The summed E-state index contributed by atoms with van der Waals surface area (Å²) in [5.41, 5.74) is 4.34. The summed E-state index contributed by atoms with van der Waals surface area (Å²) in [6, 6.07) is -2.35. The number of hydrogen-bond donors (Lipinski definition) is 5. The molecule has 1 aliphatic heterocycles. The molecule has 1 saturated heterocycles. The maximum Gasteiger partial charge on any atom is 0.391 e. The molecule has 0 radical (unpaired) electrons. The fourth-order valence-electron chi connectivity index (χ4n) is 4.77. The maximum atomic E-state index is 12.9. The number of primary amides is 1. The highest BCUT2D eigenvalue weighted by atomic mass is 32.1. The summed E-state index contributed by atoms with van der Waals surface area (Å²) in [5, 5.41) is 5.08. The number of amides is 4. The average Bonchev–Trinajstić information content (AvgIpc) is 3.95. The number of esters is 1. The van der Waals surface area contributed by atoms with Crippen LogP contribution in [0.3, 0.4) is 0 Å². The van der Waals surface area contributed by atoms with Gasteiger partial charge in [0.15, 0.2) is 0 Å². The molecule has 48 heavy (non-hydrogen) atoms. The van der Waals surface area contributed by atoms with E-state index in [-0.39, 0.29) is 12.5 Å². The van der Waals surface area contributed by atoms with Gasteiger partial charge in [0.25, 0.3) is 5.91 Å². The topological polar surface area (TPSA) is 177 Å². The summed E-state index contributed by atoms with van der Waals surface area (Å²) in [5.74, 6) is -2.17. The van der Waals surface area contributed by atoms with Crippen LogP contribution in [0.2, 0.25) is 0 Å². The molecule has 276 valence electrons. The molecule has 0 aromatic heterocycles. The highest BCUT2D eigenvalue weighted by Gasteiger charge is 2.47. The Bertz CT molecular complexity index is 1080. The largest absolute Gasteiger partial charge is 0.464 e. The zero-order valence-corrected chi connectivity index (χ0v) is 29.6. The number of alkyl halides is 3. The van der Waals surface area contributed by atoms with Crippen molar-refractivity contribution in [3.8, 4) is 0 Å². The van der Waals surface area contributed by atoms with Crippen molar-refractivity contribution in [1.82, 2.24) is 20.3 Å². The molecule has 12 nitrogen and oxygen atoms in total. The Morgan fingerprint density at radius 1 is 0.958 bits per heavy atom. The van der Waals surface area contributed by atoms with Crippen molar-refractivity contribution in [3.05, 3.63) is 0 Å². The number of rotatable bonds is 12. The predicted molar refractivity (Wildman–Crippen MR) is 176 cm³/mol. The van der Waals surface area contributed by atoms with Gasteiger partial charge in [-0.25, -0.2) is 4.79 Å². The van der Waals surface area contributed by atoms with E-state index >= 15 is 0 Å². The van der Waals surface area contributed by atoms with Gasteiger partial charge >= 0.3 is 18.2 Å². The van der Waals surface area contributed by atoms with Crippen LogP contribution in [0.1, 0.15) is 98.8 Å². The molecule has 0 aromatic rings. The maximum absolute atomic E-state index is 12.9.